The van der Waals surface area contributed by atoms with Gasteiger partial charge in [0.25, 0.3) is 5.91 Å². The van der Waals surface area contributed by atoms with Crippen molar-refractivity contribution in [2.24, 2.45) is 0 Å². The Morgan fingerprint density at radius 2 is 1.67 bits per heavy atom. The number of hydrazine groups is 1. The van der Waals surface area contributed by atoms with E-state index in [1.807, 2.05) is 17.2 Å². The van der Waals surface area contributed by atoms with E-state index < -0.39 is 31.5 Å². The van der Waals surface area contributed by atoms with Crippen LogP contribution in [-0.4, -0.2) is 34.2 Å². The molecule has 9 heteroatoms. The molecule has 0 unspecified atom stereocenters. The van der Waals surface area contributed by atoms with Crippen LogP contribution in [0.1, 0.15) is 18.9 Å². The molecule has 0 aromatic heterocycles. The van der Waals surface area contributed by atoms with Gasteiger partial charge in [0.15, 0.2) is 9.84 Å². The summed E-state index contributed by atoms with van der Waals surface area (Å²) in [4.78, 5) is 13.4. The summed E-state index contributed by atoms with van der Waals surface area (Å²) in [5.41, 5.74) is 2.78. The fourth-order valence-corrected chi connectivity index (χ4v) is 3.54. The smallest absolute Gasteiger partial charge is 0.250 e. The van der Waals surface area contributed by atoms with Gasteiger partial charge in [0.1, 0.15) is 5.75 Å². The number of carbonyl (C=O) groups excluding carboxylic acids is 1. The van der Waals surface area contributed by atoms with E-state index in [1.54, 1.807) is 19.1 Å². The van der Waals surface area contributed by atoms with Crippen molar-refractivity contribution in [3.05, 3.63) is 29.8 Å². The first-order valence-corrected chi connectivity index (χ1v) is 9.54. The van der Waals surface area contributed by atoms with Gasteiger partial charge in [0.05, 0.1) is 10.6 Å². The van der Waals surface area contributed by atoms with Crippen molar-refractivity contribution < 1.29 is 21.6 Å². The lowest BCUT2D eigenvalue weighted by molar-refractivity contribution is -0.119. The maximum atomic E-state index is 12.0. The number of sulfone groups is 1. The standard InChI is InChI=1S/C12H18N2O5S2/c1-3-8-21(18,19)14-13-12(15)9-20(16,17)11-6-4-10(2)5-7-11/h4-7,14H,3,8-9H2,1-2H3,(H,13,15). The van der Waals surface area contributed by atoms with Crippen LogP contribution < -0.4 is 10.3 Å². The second-order valence-corrected chi connectivity index (χ2v) is 8.37. The Morgan fingerprint density at radius 3 is 2.19 bits per heavy atom. The van der Waals surface area contributed by atoms with Gasteiger partial charge in [-0.1, -0.05) is 24.6 Å². The number of sulfonamides is 1. The van der Waals surface area contributed by atoms with Gasteiger partial charge in [-0.15, -0.1) is 4.83 Å². The van der Waals surface area contributed by atoms with Crippen molar-refractivity contribution in [2.45, 2.75) is 25.2 Å². The molecule has 0 saturated heterocycles. The van der Waals surface area contributed by atoms with Gasteiger partial charge in [-0.05, 0) is 25.5 Å². The van der Waals surface area contributed by atoms with Gasteiger partial charge < -0.3 is 0 Å². The van der Waals surface area contributed by atoms with Crippen molar-refractivity contribution in [1.82, 2.24) is 10.3 Å². The first-order chi connectivity index (χ1) is 9.66. The van der Waals surface area contributed by atoms with Crippen LogP contribution in [0.4, 0.5) is 0 Å². The van der Waals surface area contributed by atoms with Crippen LogP contribution in [0, 0.1) is 6.92 Å². The number of rotatable bonds is 7. The fourth-order valence-electron chi connectivity index (χ4n) is 1.49. The Morgan fingerprint density at radius 1 is 1.10 bits per heavy atom. The van der Waals surface area contributed by atoms with E-state index in [-0.39, 0.29) is 10.6 Å². The minimum Gasteiger partial charge on any atom is -0.277 e. The first-order valence-electron chi connectivity index (χ1n) is 6.24. The molecule has 1 rings (SSSR count). The Bertz CT molecular complexity index is 694. The Balaban J connectivity index is 2.68. The second-order valence-electron chi connectivity index (χ2n) is 4.54. The summed E-state index contributed by atoms with van der Waals surface area (Å²) in [5.74, 6) is -1.92. The Hall–Kier alpha value is -1.45. The fraction of sp³-hybridized carbons (Fsp3) is 0.417. The molecule has 0 aliphatic carbocycles. The predicted octanol–water partition coefficient (Wildman–Crippen LogP) is 0.129. The summed E-state index contributed by atoms with van der Waals surface area (Å²) >= 11 is 0. The zero-order valence-corrected chi connectivity index (χ0v) is 13.4. The van der Waals surface area contributed by atoms with Crippen LogP contribution in [0.5, 0.6) is 0 Å². The molecule has 0 bridgehead atoms. The average Bonchev–Trinajstić information content (AvgIpc) is 2.36. The SMILES string of the molecule is CCCS(=O)(=O)NNC(=O)CS(=O)(=O)c1ccc(C)cc1. The molecule has 0 fully saturated rings. The number of hydrogen-bond donors (Lipinski definition) is 2. The zero-order valence-electron chi connectivity index (χ0n) is 11.8. The molecule has 7 nitrogen and oxygen atoms in total. The second kappa shape index (κ2) is 7.01. The van der Waals surface area contributed by atoms with E-state index in [9.17, 15) is 21.6 Å². The maximum absolute atomic E-state index is 12.0. The molecule has 0 aliphatic heterocycles. The predicted molar refractivity (Wildman–Crippen MR) is 78.6 cm³/mol. The molecule has 1 amide bonds. The van der Waals surface area contributed by atoms with Gasteiger partial charge in [0, 0.05) is 0 Å². The summed E-state index contributed by atoms with van der Waals surface area (Å²) in [6, 6.07) is 6.04. The number of nitrogens with one attached hydrogen (secondary N) is 2. The molecule has 118 valence electrons. The average molecular weight is 334 g/mol. The molecule has 0 heterocycles. The molecule has 2 N–H and O–H groups in total. The third-order valence-electron chi connectivity index (χ3n) is 2.52. The third-order valence-corrected chi connectivity index (χ3v) is 5.51. The zero-order chi connectivity index (χ0) is 16.1. The molecule has 0 radical (unpaired) electrons. The summed E-state index contributed by atoms with van der Waals surface area (Å²) < 4.78 is 46.6. The van der Waals surface area contributed by atoms with Gasteiger partial charge in [-0.25, -0.2) is 16.8 Å². The summed E-state index contributed by atoms with van der Waals surface area (Å²) in [6.07, 6.45) is 0.382. The topological polar surface area (TPSA) is 109 Å². The monoisotopic (exact) mass is 334 g/mol. The van der Waals surface area contributed by atoms with E-state index in [4.69, 9.17) is 0 Å². The number of carbonyl (C=O) groups is 1. The van der Waals surface area contributed by atoms with Crippen molar-refractivity contribution >= 4 is 25.8 Å². The van der Waals surface area contributed by atoms with E-state index in [1.165, 1.54) is 12.1 Å². The van der Waals surface area contributed by atoms with E-state index in [0.717, 1.165) is 5.56 Å². The minimum atomic E-state index is -3.80. The molecule has 21 heavy (non-hydrogen) atoms. The van der Waals surface area contributed by atoms with Gasteiger partial charge in [-0.3, -0.25) is 10.2 Å². The molecular formula is C12H18N2O5S2. The highest BCUT2D eigenvalue weighted by atomic mass is 32.2. The number of benzene rings is 1. The highest BCUT2D eigenvalue weighted by Crippen LogP contribution is 2.11. The number of hydrogen-bond acceptors (Lipinski definition) is 5. The molecule has 0 atom stereocenters. The molecular weight excluding hydrogens is 316 g/mol. The van der Waals surface area contributed by atoms with Crippen LogP contribution in [0.25, 0.3) is 0 Å². The van der Waals surface area contributed by atoms with Crippen molar-refractivity contribution in [2.75, 3.05) is 11.5 Å². The minimum absolute atomic E-state index is 0.0136. The molecule has 1 aromatic rings. The molecule has 0 saturated carbocycles. The lowest BCUT2D eigenvalue weighted by atomic mass is 10.2. The largest absolute Gasteiger partial charge is 0.277 e. The quantitative estimate of drug-likeness (QED) is 0.689. The normalized spacial score (nSPS) is 12.1. The highest BCUT2D eigenvalue weighted by Gasteiger charge is 2.20. The molecule has 1 aromatic carbocycles. The number of aryl methyl sites for hydroxylation is 1. The van der Waals surface area contributed by atoms with Gasteiger partial charge in [0.2, 0.25) is 10.0 Å². The molecule has 0 aliphatic rings. The lowest BCUT2D eigenvalue weighted by Crippen LogP contribution is -2.44. The Kier molecular flexibility index (Phi) is 5.87. The maximum Gasteiger partial charge on any atom is 0.250 e. The van der Waals surface area contributed by atoms with E-state index in [2.05, 4.69) is 0 Å². The first kappa shape index (κ1) is 17.6. The Labute approximate surface area is 124 Å². The van der Waals surface area contributed by atoms with Gasteiger partial charge >= 0.3 is 0 Å². The van der Waals surface area contributed by atoms with Crippen LogP contribution in [0.15, 0.2) is 29.2 Å². The molecule has 0 spiro atoms. The van der Waals surface area contributed by atoms with E-state index >= 15 is 0 Å². The highest BCUT2D eigenvalue weighted by molar-refractivity contribution is 7.92. The summed E-state index contributed by atoms with van der Waals surface area (Å²) in [6.45, 7) is 3.48. The van der Waals surface area contributed by atoms with Crippen molar-refractivity contribution in [3.63, 3.8) is 0 Å². The number of amides is 1. The van der Waals surface area contributed by atoms with Gasteiger partial charge in [-0.2, -0.15) is 0 Å². The summed E-state index contributed by atoms with van der Waals surface area (Å²) in [7, 11) is -7.43. The van der Waals surface area contributed by atoms with Crippen LogP contribution >= 0.6 is 0 Å². The van der Waals surface area contributed by atoms with Crippen LogP contribution in [-0.2, 0) is 24.7 Å². The third kappa shape index (κ3) is 5.82. The van der Waals surface area contributed by atoms with Crippen molar-refractivity contribution in [3.8, 4) is 0 Å². The lowest BCUT2D eigenvalue weighted by Gasteiger charge is -2.08. The van der Waals surface area contributed by atoms with E-state index in [0.29, 0.717) is 6.42 Å². The van der Waals surface area contributed by atoms with Crippen LogP contribution in [0.2, 0.25) is 0 Å². The summed E-state index contributed by atoms with van der Waals surface area (Å²) in [5, 5.41) is 0. The van der Waals surface area contributed by atoms with Crippen molar-refractivity contribution in [1.29, 1.82) is 0 Å². The van der Waals surface area contributed by atoms with Crippen LogP contribution in [0.3, 0.4) is 0 Å².